The summed E-state index contributed by atoms with van der Waals surface area (Å²) in [6.07, 6.45) is 2.70. The number of hydrogen-bond donors (Lipinski definition) is 3. The lowest BCUT2D eigenvalue weighted by atomic mass is 10.1. The maximum absolute atomic E-state index is 11.4. The number of carboxylic acid groups (broad SMARTS) is 1. The SMILES string of the molecule is CCN=C/C=C(\NNC(=O)CC(=O)O)c1ccc(OCC)cc1. The Labute approximate surface area is 135 Å². The molecular weight excluding hydrogens is 298 g/mol. The van der Waals surface area contributed by atoms with Crippen LogP contribution in [0.2, 0.25) is 0 Å². The van der Waals surface area contributed by atoms with E-state index in [4.69, 9.17) is 9.84 Å². The molecule has 0 radical (unpaired) electrons. The number of benzene rings is 1. The Hall–Kier alpha value is -2.83. The van der Waals surface area contributed by atoms with Crippen molar-refractivity contribution in [3.63, 3.8) is 0 Å². The number of carboxylic acids is 1. The molecule has 0 aromatic heterocycles. The van der Waals surface area contributed by atoms with Crippen LogP contribution in [0.1, 0.15) is 25.8 Å². The molecule has 0 atom stereocenters. The molecule has 1 rings (SSSR count). The van der Waals surface area contributed by atoms with Gasteiger partial charge in [0.1, 0.15) is 12.2 Å². The zero-order valence-electron chi connectivity index (χ0n) is 13.2. The number of hydrazine groups is 1. The van der Waals surface area contributed by atoms with Crippen LogP contribution in [0.4, 0.5) is 0 Å². The number of ether oxygens (including phenoxy) is 1. The fourth-order valence-corrected chi connectivity index (χ4v) is 1.66. The maximum Gasteiger partial charge on any atom is 0.312 e. The third kappa shape index (κ3) is 7.12. The summed E-state index contributed by atoms with van der Waals surface area (Å²) in [7, 11) is 0. The average Bonchev–Trinajstić information content (AvgIpc) is 2.51. The summed E-state index contributed by atoms with van der Waals surface area (Å²) in [5, 5.41) is 8.58. The van der Waals surface area contributed by atoms with E-state index >= 15 is 0 Å². The van der Waals surface area contributed by atoms with Gasteiger partial charge in [-0.05, 0) is 49.8 Å². The van der Waals surface area contributed by atoms with Gasteiger partial charge in [0, 0.05) is 12.8 Å². The molecule has 0 spiro atoms. The Bertz CT molecular complexity index is 579. The molecule has 0 saturated carbocycles. The molecule has 0 saturated heterocycles. The molecule has 7 nitrogen and oxygen atoms in total. The second-order valence-electron chi connectivity index (χ2n) is 4.43. The van der Waals surface area contributed by atoms with Crippen LogP contribution in [0.25, 0.3) is 5.70 Å². The van der Waals surface area contributed by atoms with E-state index in [2.05, 4.69) is 15.8 Å². The van der Waals surface area contributed by atoms with Crippen molar-refractivity contribution in [1.82, 2.24) is 10.9 Å². The van der Waals surface area contributed by atoms with Crippen molar-refractivity contribution in [2.45, 2.75) is 20.3 Å². The van der Waals surface area contributed by atoms with Crippen LogP contribution in [-0.4, -0.2) is 36.3 Å². The van der Waals surface area contributed by atoms with Crippen molar-refractivity contribution >= 4 is 23.8 Å². The third-order valence-electron chi connectivity index (χ3n) is 2.65. The molecule has 7 heteroatoms. The van der Waals surface area contributed by atoms with Gasteiger partial charge in [-0.25, -0.2) is 0 Å². The van der Waals surface area contributed by atoms with Gasteiger partial charge in [-0.3, -0.25) is 25.4 Å². The predicted octanol–water partition coefficient (Wildman–Crippen LogP) is 1.61. The fraction of sp³-hybridized carbons (Fsp3) is 0.312. The average molecular weight is 319 g/mol. The number of nitrogens with one attached hydrogen (secondary N) is 2. The highest BCUT2D eigenvalue weighted by Gasteiger charge is 2.08. The van der Waals surface area contributed by atoms with Gasteiger partial charge in [0.05, 0.1) is 12.3 Å². The molecule has 0 aliphatic rings. The molecule has 0 unspecified atom stereocenters. The van der Waals surface area contributed by atoms with Crippen molar-refractivity contribution in [2.75, 3.05) is 13.2 Å². The van der Waals surface area contributed by atoms with Gasteiger partial charge in [0.25, 0.3) is 0 Å². The lowest BCUT2D eigenvalue weighted by molar-refractivity contribution is -0.140. The molecule has 23 heavy (non-hydrogen) atoms. The first-order valence-corrected chi connectivity index (χ1v) is 7.26. The first kappa shape index (κ1) is 18.2. The number of allylic oxidation sites excluding steroid dienone is 1. The standard InChI is InChI=1S/C16H21N3O4/c1-3-17-10-9-14(18-19-15(20)11-16(21)22)12-5-7-13(8-6-12)23-4-2/h5-10,18H,3-4,11H2,1-2H3,(H,19,20)(H,21,22)/b14-9-,17-10?. The number of carbonyl (C=O) groups excluding carboxylic acids is 1. The van der Waals surface area contributed by atoms with Crippen molar-refractivity contribution < 1.29 is 19.4 Å². The summed E-state index contributed by atoms with van der Waals surface area (Å²) in [4.78, 5) is 26.0. The van der Waals surface area contributed by atoms with Crippen LogP contribution in [0.3, 0.4) is 0 Å². The van der Waals surface area contributed by atoms with Crippen LogP contribution in [0.5, 0.6) is 5.75 Å². The topological polar surface area (TPSA) is 100 Å². The van der Waals surface area contributed by atoms with Crippen molar-refractivity contribution in [3.05, 3.63) is 35.9 Å². The summed E-state index contributed by atoms with van der Waals surface area (Å²) in [6, 6.07) is 7.27. The fourth-order valence-electron chi connectivity index (χ4n) is 1.66. The number of rotatable bonds is 9. The third-order valence-corrected chi connectivity index (χ3v) is 2.65. The van der Waals surface area contributed by atoms with Crippen molar-refractivity contribution in [3.8, 4) is 5.75 Å². The molecule has 1 aromatic carbocycles. The Morgan fingerprint density at radius 1 is 1.22 bits per heavy atom. The van der Waals surface area contributed by atoms with E-state index in [9.17, 15) is 9.59 Å². The van der Waals surface area contributed by atoms with Crippen LogP contribution < -0.4 is 15.6 Å². The Morgan fingerprint density at radius 2 is 1.91 bits per heavy atom. The Morgan fingerprint density at radius 3 is 2.48 bits per heavy atom. The number of hydrogen-bond acceptors (Lipinski definition) is 5. The number of carbonyl (C=O) groups is 2. The molecule has 124 valence electrons. The molecule has 3 N–H and O–H groups in total. The minimum atomic E-state index is -1.19. The monoisotopic (exact) mass is 319 g/mol. The lowest BCUT2D eigenvalue weighted by Gasteiger charge is -2.12. The summed E-state index contributed by atoms with van der Waals surface area (Å²) in [5.74, 6) is -1.09. The van der Waals surface area contributed by atoms with E-state index in [0.29, 0.717) is 18.8 Å². The quantitative estimate of drug-likeness (QED) is 0.365. The van der Waals surface area contributed by atoms with Crippen molar-refractivity contribution in [1.29, 1.82) is 0 Å². The van der Waals surface area contributed by atoms with E-state index in [1.807, 2.05) is 38.1 Å². The molecule has 0 heterocycles. The number of amides is 1. The largest absolute Gasteiger partial charge is 0.494 e. The van der Waals surface area contributed by atoms with Gasteiger partial charge in [-0.2, -0.15) is 0 Å². The highest BCUT2D eigenvalue weighted by Crippen LogP contribution is 2.16. The lowest BCUT2D eigenvalue weighted by Crippen LogP contribution is -2.37. The molecular formula is C16H21N3O4. The second-order valence-corrected chi connectivity index (χ2v) is 4.43. The van der Waals surface area contributed by atoms with E-state index in [0.717, 1.165) is 11.3 Å². The number of nitrogens with zero attached hydrogens (tertiary/aromatic N) is 1. The molecule has 1 amide bonds. The van der Waals surface area contributed by atoms with Gasteiger partial charge in [-0.1, -0.05) is 0 Å². The highest BCUT2D eigenvalue weighted by atomic mass is 16.5. The van der Waals surface area contributed by atoms with Gasteiger partial charge < -0.3 is 9.84 Å². The number of aliphatic carboxylic acids is 1. The van der Waals surface area contributed by atoms with Crippen molar-refractivity contribution in [2.24, 2.45) is 4.99 Å². The van der Waals surface area contributed by atoms with Gasteiger partial charge in [-0.15, -0.1) is 0 Å². The minimum Gasteiger partial charge on any atom is -0.494 e. The minimum absolute atomic E-state index is 0.578. The first-order valence-electron chi connectivity index (χ1n) is 7.26. The molecule has 0 aliphatic heterocycles. The molecule has 0 aliphatic carbocycles. The summed E-state index contributed by atoms with van der Waals surface area (Å²) >= 11 is 0. The Kier molecular flexibility index (Phi) is 7.91. The maximum atomic E-state index is 11.4. The second kappa shape index (κ2) is 9.99. The highest BCUT2D eigenvalue weighted by molar-refractivity contribution is 5.93. The summed E-state index contributed by atoms with van der Waals surface area (Å²) < 4.78 is 5.38. The van der Waals surface area contributed by atoms with E-state index < -0.39 is 18.3 Å². The summed E-state index contributed by atoms with van der Waals surface area (Å²) in [5.41, 5.74) is 6.45. The molecule has 1 aromatic rings. The van der Waals surface area contributed by atoms with Crippen LogP contribution in [0, 0.1) is 0 Å². The molecule has 0 fully saturated rings. The zero-order valence-corrected chi connectivity index (χ0v) is 13.2. The van der Waals surface area contributed by atoms with Gasteiger partial charge in [0.15, 0.2) is 0 Å². The predicted molar refractivity (Wildman–Crippen MR) is 88.2 cm³/mol. The normalized spacial score (nSPS) is 11.3. The number of aliphatic imine (C=N–C) groups is 1. The van der Waals surface area contributed by atoms with E-state index in [-0.39, 0.29) is 0 Å². The smallest absolute Gasteiger partial charge is 0.312 e. The van der Waals surface area contributed by atoms with E-state index in [1.54, 1.807) is 12.3 Å². The zero-order chi connectivity index (χ0) is 17.1. The van der Waals surface area contributed by atoms with Gasteiger partial charge in [0.2, 0.25) is 5.91 Å². The summed E-state index contributed by atoms with van der Waals surface area (Å²) in [6.45, 7) is 5.02. The van der Waals surface area contributed by atoms with Crippen LogP contribution >= 0.6 is 0 Å². The van der Waals surface area contributed by atoms with Crippen LogP contribution in [0.15, 0.2) is 35.3 Å². The first-order chi connectivity index (χ1) is 11.1. The molecule has 0 bridgehead atoms. The van der Waals surface area contributed by atoms with Crippen LogP contribution in [-0.2, 0) is 9.59 Å². The Balaban J connectivity index is 2.83. The van der Waals surface area contributed by atoms with Gasteiger partial charge >= 0.3 is 5.97 Å². The van der Waals surface area contributed by atoms with E-state index in [1.165, 1.54) is 0 Å².